The van der Waals surface area contributed by atoms with Crippen LogP contribution in [0.15, 0.2) is 24.3 Å². The lowest BCUT2D eigenvalue weighted by Crippen LogP contribution is -2.21. The van der Waals surface area contributed by atoms with Crippen molar-refractivity contribution in [2.75, 3.05) is 5.88 Å². The molecular formula is C12H12ClN. The molecule has 14 heavy (non-hydrogen) atoms. The van der Waals surface area contributed by atoms with Crippen molar-refractivity contribution in [1.29, 1.82) is 5.26 Å². The van der Waals surface area contributed by atoms with Gasteiger partial charge in [-0.1, -0.05) is 24.3 Å². The predicted octanol–water partition coefficient (Wildman–Crippen LogP) is 3.02. The summed E-state index contributed by atoms with van der Waals surface area (Å²) in [6.45, 7) is 0. The summed E-state index contributed by atoms with van der Waals surface area (Å²) in [4.78, 5) is 0. The van der Waals surface area contributed by atoms with Gasteiger partial charge < -0.3 is 0 Å². The second-order valence-corrected chi connectivity index (χ2v) is 4.17. The van der Waals surface area contributed by atoms with Crippen LogP contribution in [0.2, 0.25) is 0 Å². The molecule has 0 saturated heterocycles. The Hall–Kier alpha value is -1.00. The summed E-state index contributed by atoms with van der Waals surface area (Å²) in [5.74, 6) is 0.557. The number of nitriles is 1. The maximum atomic E-state index is 9.29. The first kappa shape index (κ1) is 9.55. The molecule has 0 aromatic heterocycles. The third-order valence-corrected chi connectivity index (χ3v) is 3.28. The summed E-state index contributed by atoms with van der Waals surface area (Å²) in [6, 6.07) is 10.7. The average molecular weight is 206 g/mol. The van der Waals surface area contributed by atoms with Crippen LogP contribution in [0.5, 0.6) is 0 Å². The summed E-state index contributed by atoms with van der Waals surface area (Å²) >= 11 is 5.77. The first-order valence-electron chi connectivity index (χ1n) is 4.88. The summed E-state index contributed by atoms with van der Waals surface area (Å²) in [5.41, 5.74) is 2.21. The van der Waals surface area contributed by atoms with E-state index >= 15 is 0 Å². The molecule has 0 fully saturated rings. The van der Waals surface area contributed by atoms with Gasteiger partial charge in [-0.05, 0) is 30.4 Å². The highest BCUT2D eigenvalue weighted by Crippen LogP contribution is 2.41. The SMILES string of the molecule is N#CC1(CCCl)CCc2ccccc21. The number of alkyl halides is 1. The van der Waals surface area contributed by atoms with Gasteiger partial charge in [0.1, 0.15) is 0 Å². The second-order valence-electron chi connectivity index (χ2n) is 3.79. The molecule has 72 valence electrons. The molecule has 0 radical (unpaired) electrons. The highest BCUT2D eigenvalue weighted by molar-refractivity contribution is 6.17. The van der Waals surface area contributed by atoms with Crippen LogP contribution in [-0.4, -0.2) is 5.88 Å². The van der Waals surface area contributed by atoms with E-state index in [9.17, 15) is 5.26 Å². The molecule has 2 heteroatoms. The Kier molecular flexibility index (Phi) is 2.48. The van der Waals surface area contributed by atoms with E-state index in [4.69, 9.17) is 11.6 Å². The van der Waals surface area contributed by atoms with E-state index in [1.54, 1.807) is 0 Å². The monoisotopic (exact) mass is 205 g/mol. The van der Waals surface area contributed by atoms with Crippen molar-refractivity contribution in [3.05, 3.63) is 35.4 Å². The minimum atomic E-state index is -0.307. The topological polar surface area (TPSA) is 23.8 Å². The van der Waals surface area contributed by atoms with Crippen LogP contribution in [-0.2, 0) is 11.8 Å². The van der Waals surface area contributed by atoms with Crippen molar-refractivity contribution in [2.45, 2.75) is 24.7 Å². The molecule has 0 aliphatic heterocycles. The van der Waals surface area contributed by atoms with E-state index in [-0.39, 0.29) is 5.41 Å². The molecule has 1 nitrogen and oxygen atoms in total. The number of halogens is 1. The predicted molar refractivity (Wildman–Crippen MR) is 57.4 cm³/mol. The molecule has 1 unspecified atom stereocenters. The maximum absolute atomic E-state index is 9.29. The van der Waals surface area contributed by atoms with Crippen molar-refractivity contribution in [3.8, 4) is 6.07 Å². The third kappa shape index (κ3) is 1.31. The van der Waals surface area contributed by atoms with Crippen molar-refractivity contribution in [2.24, 2.45) is 0 Å². The van der Waals surface area contributed by atoms with Gasteiger partial charge in [0, 0.05) is 5.88 Å². The second kappa shape index (κ2) is 3.63. The number of hydrogen-bond acceptors (Lipinski definition) is 1. The lowest BCUT2D eigenvalue weighted by Gasteiger charge is -2.20. The Morgan fingerprint density at radius 3 is 2.93 bits per heavy atom. The largest absolute Gasteiger partial charge is 0.197 e. The van der Waals surface area contributed by atoms with Crippen LogP contribution in [0.25, 0.3) is 0 Å². The zero-order valence-electron chi connectivity index (χ0n) is 7.96. The van der Waals surface area contributed by atoms with Crippen LogP contribution in [0.4, 0.5) is 0 Å². The highest BCUT2D eigenvalue weighted by atomic mass is 35.5. The fraction of sp³-hybridized carbons (Fsp3) is 0.417. The zero-order valence-corrected chi connectivity index (χ0v) is 8.72. The van der Waals surface area contributed by atoms with E-state index in [1.807, 2.05) is 12.1 Å². The van der Waals surface area contributed by atoms with Crippen molar-refractivity contribution >= 4 is 11.6 Å². The first-order chi connectivity index (χ1) is 6.82. The number of fused-ring (bicyclic) bond motifs is 1. The van der Waals surface area contributed by atoms with Gasteiger partial charge >= 0.3 is 0 Å². The molecule has 0 spiro atoms. The van der Waals surface area contributed by atoms with Crippen LogP contribution in [0, 0.1) is 11.3 Å². The number of hydrogen-bond donors (Lipinski definition) is 0. The normalized spacial score (nSPS) is 24.3. The highest BCUT2D eigenvalue weighted by Gasteiger charge is 2.37. The molecule has 1 aromatic carbocycles. The minimum Gasteiger partial charge on any atom is -0.197 e. The lowest BCUT2D eigenvalue weighted by molar-refractivity contribution is 0.528. The van der Waals surface area contributed by atoms with E-state index in [0.717, 1.165) is 19.3 Å². The molecule has 1 aliphatic carbocycles. The molecule has 1 atom stereocenters. The average Bonchev–Trinajstić information content (AvgIpc) is 2.59. The number of benzene rings is 1. The Bertz CT molecular complexity index is 376. The van der Waals surface area contributed by atoms with Gasteiger partial charge in [0.15, 0.2) is 0 Å². The summed E-state index contributed by atoms with van der Waals surface area (Å²) < 4.78 is 0. The zero-order chi connectivity index (χ0) is 10.0. The maximum Gasteiger partial charge on any atom is 0.0839 e. The fourth-order valence-electron chi connectivity index (χ4n) is 2.28. The van der Waals surface area contributed by atoms with Crippen molar-refractivity contribution in [1.82, 2.24) is 0 Å². The van der Waals surface area contributed by atoms with Gasteiger partial charge in [-0.2, -0.15) is 5.26 Å². The number of nitrogens with zero attached hydrogens (tertiary/aromatic N) is 1. The molecule has 0 N–H and O–H groups in total. The van der Waals surface area contributed by atoms with Gasteiger partial charge in [0.2, 0.25) is 0 Å². The Morgan fingerprint density at radius 2 is 2.21 bits per heavy atom. The van der Waals surface area contributed by atoms with Gasteiger partial charge in [0.05, 0.1) is 11.5 Å². The fourth-order valence-corrected chi connectivity index (χ4v) is 2.60. The van der Waals surface area contributed by atoms with E-state index in [2.05, 4.69) is 18.2 Å². The van der Waals surface area contributed by atoms with Gasteiger partial charge in [0.25, 0.3) is 0 Å². The Labute approximate surface area is 89.3 Å². The van der Waals surface area contributed by atoms with Crippen molar-refractivity contribution < 1.29 is 0 Å². The summed E-state index contributed by atoms with van der Waals surface area (Å²) in [7, 11) is 0. The van der Waals surface area contributed by atoms with Crippen molar-refractivity contribution in [3.63, 3.8) is 0 Å². The standard InChI is InChI=1S/C12H12ClN/c13-8-7-12(9-14)6-5-10-3-1-2-4-11(10)12/h1-4H,5-8H2. The minimum absolute atomic E-state index is 0.307. The quantitative estimate of drug-likeness (QED) is 0.681. The van der Waals surface area contributed by atoms with Gasteiger partial charge in [-0.25, -0.2) is 0 Å². The van der Waals surface area contributed by atoms with Gasteiger partial charge in [-0.3, -0.25) is 0 Å². The molecule has 2 rings (SSSR count). The first-order valence-corrected chi connectivity index (χ1v) is 5.41. The summed E-state index contributed by atoms with van der Waals surface area (Å²) in [5, 5.41) is 9.29. The van der Waals surface area contributed by atoms with Gasteiger partial charge in [-0.15, -0.1) is 11.6 Å². The molecular weight excluding hydrogens is 194 g/mol. The molecule has 0 heterocycles. The number of rotatable bonds is 2. The Morgan fingerprint density at radius 1 is 1.43 bits per heavy atom. The van der Waals surface area contributed by atoms with Crippen LogP contribution in [0.1, 0.15) is 24.0 Å². The molecule has 1 aromatic rings. The summed E-state index contributed by atoms with van der Waals surface area (Å²) in [6.07, 6.45) is 2.71. The van der Waals surface area contributed by atoms with E-state index in [1.165, 1.54) is 11.1 Å². The van der Waals surface area contributed by atoms with E-state index < -0.39 is 0 Å². The molecule has 0 amide bonds. The number of aryl methyl sites for hydroxylation is 1. The van der Waals surface area contributed by atoms with Crippen LogP contribution >= 0.6 is 11.6 Å². The Balaban J connectivity index is 2.46. The van der Waals surface area contributed by atoms with Crippen LogP contribution in [0.3, 0.4) is 0 Å². The molecule has 1 aliphatic rings. The smallest absolute Gasteiger partial charge is 0.0839 e. The lowest BCUT2D eigenvalue weighted by atomic mass is 9.81. The molecule has 0 bridgehead atoms. The van der Waals surface area contributed by atoms with E-state index in [0.29, 0.717) is 5.88 Å². The molecule has 0 saturated carbocycles. The third-order valence-electron chi connectivity index (χ3n) is 3.09. The van der Waals surface area contributed by atoms with Crippen LogP contribution < -0.4 is 0 Å².